The Balaban J connectivity index is 2.14. The number of carboxylic acid groups (broad SMARTS) is 1. The molecule has 0 unspecified atom stereocenters. The van der Waals surface area contributed by atoms with Gasteiger partial charge in [-0.05, 0) is 5.92 Å². The topological polar surface area (TPSA) is 70.5 Å². The highest BCUT2D eigenvalue weighted by Gasteiger charge is 2.53. The summed E-state index contributed by atoms with van der Waals surface area (Å²) < 4.78 is 38.8. The van der Waals surface area contributed by atoms with Gasteiger partial charge in [0.05, 0.1) is 16.8 Å². The molecule has 5 nitrogen and oxygen atoms in total. The van der Waals surface area contributed by atoms with E-state index in [0.29, 0.717) is 12.3 Å². The van der Waals surface area contributed by atoms with Crippen molar-refractivity contribution in [1.82, 2.24) is 9.88 Å². The number of rotatable bonds is 4. The van der Waals surface area contributed by atoms with Gasteiger partial charge < -0.3 is 10.0 Å². The molecular weight excluding hydrogens is 333 g/mol. The summed E-state index contributed by atoms with van der Waals surface area (Å²) >= 11 is 1.28. The van der Waals surface area contributed by atoms with Gasteiger partial charge in [0.15, 0.2) is 0 Å². The molecule has 0 aliphatic carbocycles. The number of carboxylic acids is 1. The number of hydrogen-bond acceptors (Lipinski definition) is 4. The number of aliphatic carboxylic acids is 1. The highest BCUT2D eigenvalue weighted by atomic mass is 32.1. The van der Waals surface area contributed by atoms with Gasteiger partial charge in [-0.15, -0.1) is 11.3 Å². The number of amides is 1. The molecule has 0 radical (unpaired) electrons. The highest BCUT2D eigenvalue weighted by Crippen LogP contribution is 2.38. The Morgan fingerprint density at radius 1 is 1.43 bits per heavy atom. The Labute approximate surface area is 135 Å². The van der Waals surface area contributed by atoms with Crippen LogP contribution in [0.3, 0.4) is 0 Å². The zero-order valence-corrected chi connectivity index (χ0v) is 13.4. The number of alkyl halides is 3. The largest absolute Gasteiger partial charge is 0.481 e. The summed E-state index contributed by atoms with van der Waals surface area (Å²) in [7, 11) is 0. The number of carbonyl (C=O) groups is 2. The number of likely N-dealkylation sites (tertiary alicyclic amines) is 1. The van der Waals surface area contributed by atoms with E-state index in [1.165, 1.54) is 16.7 Å². The normalized spacial score (nSPS) is 21.9. The van der Waals surface area contributed by atoms with E-state index in [1.807, 2.05) is 13.8 Å². The first kappa shape index (κ1) is 17.7. The molecule has 128 valence electrons. The van der Waals surface area contributed by atoms with Gasteiger partial charge in [0, 0.05) is 24.9 Å². The lowest BCUT2D eigenvalue weighted by molar-refractivity contribution is -0.187. The second-order valence-electron chi connectivity index (χ2n) is 6.03. The molecule has 1 aliphatic rings. The molecule has 1 aliphatic heterocycles. The van der Waals surface area contributed by atoms with Crippen LogP contribution in [-0.4, -0.2) is 46.1 Å². The van der Waals surface area contributed by atoms with Gasteiger partial charge in [0.1, 0.15) is 5.69 Å². The molecule has 9 heteroatoms. The van der Waals surface area contributed by atoms with Gasteiger partial charge in [0.25, 0.3) is 5.91 Å². The minimum absolute atomic E-state index is 0.0811. The Morgan fingerprint density at radius 3 is 2.57 bits per heavy atom. The molecule has 2 atom stereocenters. The SMILES string of the molecule is CC(C)Cc1nc(C(=O)N2C[C@@H](C(F)(F)F)[C@H](C(=O)O)C2)cs1. The molecular formula is C14H17F3N2O3S. The third-order valence-electron chi connectivity index (χ3n) is 3.70. The summed E-state index contributed by atoms with van der Waals surface area (Å²) in [6.45, 7) is 2.90. The van der Waals surface area contributed by atoms with E-state index in [-0.39, 0.29) is 5.69 Å². The molecule has 0 bridgehead atoms. The van der Waals surface area contributed by atoms with E-state index in [9.17, 15) is 22.8 Å². The van der Waals surface area contributed by atoms with Crippen molar-refractivity contribution in [3.8, 4) is 0 Å². The van der Waals surface area contributed by atoms with Gasteiger partial charge in [-0.25, -0.2) is 4.98 Å². The van der Waals surface area contributed by atoms with Crippen molar-refractivity contribution in [2.75, 3.05) is 13.1 Å². The number of hydrogen-bond donors (Lipinski definition) is 1. The molecule has 1 aromatic rings. The van der Waals surface area contributed by atoms with Crippen molar-refractivity contribution in [2.45, 2.75) is 26.4 Å². The second kappa shape index (κ2) is 6.46. The summed E-state index contributed by atoms with van der Waals surface area (Å²) in [5.74, 6) is -5.51. The molecule has 1 saturated heterocycles. The average Bonchev–Trinajstić information content (AvgIpc) is 3.02. The summed E-state index contributed by atoms with van der Waals surface area (Å²) in [4.78, 5) is 28.4. The van der Waals surface area contributed by atoms with E-state index in [0.717, 1.165) is 9.91 Å². The zero-order chi connectivity index (χ0) is 17.4. The van der Waals surface area contributed by atoms with Gasteiger partial charge in [-0.1, -0.05) is 13.8 Å². The van der Waals surface area contributed by atoms with Crippen LogP contribution in [0, 0.1) is 17.8 Å². The number of aromatic nitrogens is 1. The van der Waals surface area contributed by atoms with E-state index in [4.69, 9.17) is 5.11 Å². The van der Waals surface area contributed by atoms with E-state index in [1.54, 1.807) is 0 Å². The van der Waals surface area contributed by atoms with Crippen LogP contribution in [0.25, 0.3) is 0 Å². The molecule has 2 rings (SSSR count). The van der Waals surface area contributed by atoms with Crippen LogP contribution in [0.2, 0.25) is 0 Å². The minimum atomic E-state index is -4.65. The van der Waals surface area contributed by atoms with Crippen LogP contribution in [0.15, 0.2) is 5.38 Å². The summed E-state index contributed by atoms with van der Waals surface area (Å²) in [6.07, 6.45) is -3.97. The first-order chi connectivity index (χ1) is 10.6. The average molecular weight is 350 g/mol. The molecule has 0 saturated carbocycles. The van der Waals surface area contributed by atoms with Crippen LogP contribution in [-0.2, 0) is 11.2 Å². The molecule has 1 fully saturated rings. The lowest BCUT2D eigenvalue weighted by Gasteiger charge is -2.18. The summed E-state index contributed by atoms with van der Waals surface area (Å²) in [5.41, 5.74) is 0.0811. The second-order valence-corrected chi connectivity index (χ2v) is 6.97. The van der Waals surface area contributed by atoms with Crippen LogP contribution >= 0.6 is 11.3 Å². The highest BCUT2D eigenvalue weighted by molar-refractivity contribution is 7.09. The monoisotopic (exact) mass is 350 g/mol. The molecule has 2 heterocycles. The van der Waals surface area contributed by atoms with Gasteiger partial charge >= 0.3 is 12.1 Å². The summed E-state index contributed by atoms with van der Waals surface area (Å²) in [6, 6.07) is 0. The number of carbonyl (C=O) groups excluding carboxylic acids is 1. The molecule has 0 aromatic carbocycles. The van der Waals surface area contributed by atoms with Crippen molar-refractivity contribution in [1.29, 1.82) is 0 Å². The number of halogens is 3. The maximum absolute atomic E-state index is 12.9. The van der Waals surface area contributed by atoms with Crippen molar-refractivity contribution in [2.24, 2.45) is 17.8 Å². The smallest absolute Gasteiger partial charge is 0.394 e. The zero-order valence-electron chi connectivity index (χ0n) is 12.6. The molecule has 0 spiro atoms. The standard InChI is InChI=1S/C14H17F3N2O3S/c1-7(2)3-11-18-10(6-23-11)12(20)19-4-8(13(21)22)9(5-19)14(15,16)17/h6-9H,3-5H2,1-2H3,(H,21,22)/t8-,9-/m1/s1. The minimum Gasteiger partial charge on any atom is -0.481 e. The Kier molecular flexibility index (Phi) is 4.98. The maximum atomic E-state index is 12.9. The van der Waals surface area contributed by atoms with Crippen LogP contribution in [0.5, 0.6) is 0 Å². The van der Waals surface area contributed by atoms with Crippen LogP contribution in [0.1, 0.15) is 29.3 Å². The fraction of sp³-hybridized carbons (Fsp3) is 0.643. The third kappa shape index (κ3) is 4.01. The molecule has 1 aromatic heterocycles. The van der Waals surface area contributed by atoms with Crippen molar-refractivity contribution in [3.63, 3.8) is 0 Å². The van der Waals surface area contributed by atoms with Gasteiger partial charge in [-0.3, -0.25) is 9.59 Å². The van der Waals surface area contributed by atoms with E-state index in [2.05, 4.69) is 4.98 Å². The predicted octanol–water partition coefficient (Wildman–Crippen LogP) is 2.68. The quantitative estimate of drug-likeness (QED) is 0.906. The Bertz CT molecular complexity index is 600. The van der Waals surface area contributed by atoms with E-state index >= 15 is 0 Å². The van der Waals surface area contributed by atoms with Crippen molar-refractivity contribution >= 4 is 23.2 Å². The Morgan fingerprint density at radius 2 is 2.09 bits per heavy atom. The van der Waals surface area contributed by atoms with Crippen molar-refractivity contribution < 1.29 is 27.9 Å². The number of thiazole rings is 1. The van der Waals surface area contributed by atoms with Gasteiger partial charge in [0.2, 0.25) is 0 Å². The Hall–Kier alpha value is -1.64. The third-order valence-corrected chi connectivity index (χ3v) is 4.57. The number of nitrogens with zero attached hydrogens (tertiary/aromatic N) is 2. The van der Waals surface area contributed by atoms with Crippen LogP contribution < -0.4 is 0 Å². The summed E-state index contributed by atoms with van der Waals surface area (Å²) in [5, 5.41) is 11.2. The fourth-order valence-electron chi connectivity index (χ4n) is 2.57. The lowest BCUT2D eigenvalue weighted by atomic mass is 9.96. The molecule has 23 heavy (non-hydrogen) atoms. The fourth-order valence-corrected chi connectivity index (χ4v) is 3.55. The van der Waals surface area contributed by atoms with Gasteiger partial charge in [-0.2, -0.15) is 13.2 Å². The maximum Gasteiger partial charge on any atom is 0.394 e. The predicted molar refractivity (Wildman–Crippen MR) is 77.2 cm³/mol. The molecule has 1 N–H and O–H groups in total. The van der Waals surface area contributed by atoms with Crippen molar-refractivity contribution in [3.05, 3.63) is 16.1 Å². The first-order valence-corrected chi connectivity index (χ1v) is 8.00. The molecule has 1 amide bonds. The first-order valence-electron chi connectivity index (χ1n) is 7.12. The lowest BCUT2D eigenvalue weighted by Crippen LogP contribution is -2.34. The van der Waals surface area contributed by atoms with E-state index < -0.39 is 43.0 Å². The van der Waals surface area contributed by atoms with Crippen LogP contribution in [0.4, 0.5) is 13.2 Å².